The van der Waals surface area contributed by atoms with Crippen LogP contribution < -0.4 is 0 Å². The second-order valence-corrected chi connectivity index (χ2v) is 24.0. The monoisotopic (exact) mass is 1200 g/mol. The second-order valence-electron chi connectivity index (χ2n) is 24.0. The number of nitrogens with zero attached hydrogens (tertiary/aromatic N) is 8. The summed E-state index contributed by atoms with van der Waals surface area (Å²) < 4.78 is 4.79. The maximum Gasteiger partial charge on any atom is 0.166 e. The minimum absolute atomic E-state index is 0.569. The summed E-state index contributed by atoms with van der Waals surface area (Å²) in [7, 11) is 0. The first-order chi connectivity index (χ1) is 46.4. The molecule has 4 heterocycles. The van der Waals surface area contributed by atoms with Crippen LogP contribution >= 0.6 is 0 Å². The van der Waals surface area contributed by atoms with Crippen LogP contribution in [0.1, 0.15) is 11.1 Å². The van der Waals surface area contributed by atoms with Gasteiger partial charge < -0.3 is 9.13 Å². The standard InChI is InChI=1S/C86H58N8/c1-55-34-38-57(39-35-55)65-44-48-77-73(51-65)69-30-15-17-32-75(69)93(77)79-53-67(42-46-71(79)85-89-81(59-20-7-3-8-21-59)87-82(90-85)60-22-9-4-10-23-60)63-28-19-29-64(50-63)68-43-47-72(86-91-83(61-24-11-5-12-25-61)88-84(92-86)62-26-13-6-14-27-62)80(54-68)94-76-33-18-16-31-70(76)74-52-66(45-49-78(74)94)58-40-36-56(2)37-41-58/h3-54H,1-2H3. The van der Waals surface area contributed by atoms with Crippen molar-refractivity contribution in [2.75, 3.05) is 0 Å². The third kappa shape index (κ3) is 10.2. The lowest BCUT2D eigenvalue weighted by Crippen LogP contribution is -2.04. The van der Waals surface area contributed by atoms with Gasteiger partial charge in [0.25, 0.3) is 0 Å². The average Bonchev–Trinajstić information content (AvgIpc) is 1.57. The zero-order valence-corrected chi connectivity index (χ0v) is 51.6. The number of fused-ring (bicyclic) bond motifs is 6. The van der Waals surface area contributed by atoms with Crippen molar-refractivity contribution in [2.45, 2.75) is 13.8 Å². The third-order valence-electron chi connectivity index (χ3n) is 18.0. The maximum atomic E-state index is 5.35. The molecule has 0 bridgehead atoms. The Hall–Kier alpha value is -12.5. The minimum Gasteiger partial charge on any atom is -0.308 e. The Kier molecular flexibility index (Phi) is 13.8. The van der Waals surface area contributed by atoms with Crippen LogP contribution in [0, 0.1) is 13.8 Å². The van der Waals surface area contributed by atoms with Gasteiger partial charge in [0.15, 0.2) is 34.9 Å². The SMILES string of the molecule is Cc1ccc(-c2ccc3c(c2)c2ccccc2n3-c2cc(-c3cccc(-c4ccc(-c5nc(-c6ccccc6)nc(-c6ccccc6)n5)c(-n5c6ccccc6c6cc(-c7ccc(C)cc7)ccc65)c4)c3)ccc2-c2nc(-c3ccccc3)nc(-c3ccccc3)n2)cc1. The van der Waals surface area contributed by atoms with Gasteiger partial charge in [0.05, 0.1) is 33.4 Å². The fourth-order valence-corrected chi connectivity index (χ4v) is 13.2. The van der Waals surface area contributed by atoms with Crippen LogP contribution in [0.5, 0.6) is 0 Å². The molecule has 0 aliphatic carbocycles. The molecule has 17 aromatic rings. The van der Waals surface area contributed by atoms with Crippen molar-refractivity contribution in [2.24, 2.45) is 0 Å². The van der Waals surface area contributed by atoms with E-state index in [9.17, 15) is 0 Å². The first-order valence-corrected chi connectivity index (χ1v) is 31.7. The molecule has 8 nitrogen and oxygen atoms in total. The van der Waals surface area contributed by atoms with Crippen molar-refractivity contribution in [3.63, 3.8) is 0 Å². The lowest BCUT2D eigenvalue weighted by Gasteiger charge is -2.18. The molecule has 13 aromatic carbocycles. The van der Waals surface area contributed by atoms with Gasteiger partial charge in [-0.05, 0) is 125 Å². The zero-order chi connectivity index (χ0) is 62.6. The van der Waals surface area contributed by atoms with Crippen molar-refractivity contribution in [1.82, 2.24) is 39.0 Å². The van der Waals surface area contributed by atoms with Gasteiger partial charge in [0.1, 0.15) is 0 Å². The summed E-state index contributed by atoms with van der Waals surface area (Å²) in [6.07, 6.45) is 0. The summed E-state index contributed by atoms with van der Waals surface area (Å²) in [6, 6.07) is 112. The van der Waals surface area contributed by atoms with Gasteiger partial charge in [-0.3, -0.25) is 0 Å². The normalized spacial score (nSPS) is 11.5. The van der Waals surface area contributed by atoms with E-state index >= 15 is 0 Å². The molecule has 4 aromatic heterocycles. The van der Waals surface area contributed by atoms with Crippen LogP contribution in [0.3, 0.4) is 0 Å². The van der Waals surface area contributed by atoms with Crippen LogP contribution in [0.15, 0.2) is 315 Å². The van der Waals surface area contributed by atoms with Gasteiger partial charge in [0, 0.05) is 54.9 Å². The number of hydrogen-bond acceptors (Lipinski definition) is 6. The van der Waals surface area contributed by atoms with E-state index in [1.165, 1.54) is 22.3 Å². The summed E-state index contributed by atoms with van der Waals surface area (Å²) in [5.41, 5.74) is 22.7. The first kappa shape index (κ1) is 55.5. The molecule has 0 unspecified atom stereocenters. The highest BCUT2D eigenvalue weighted by molar-refractivity contribution is 6.12. The van der Waals surface area contributed by atoms with E-state index in [2.05, 4.69) is 266 Å². The topological polar surface area (TPSA) is 87.2 Å². The Morgan fingerprint density at radius 1 is 0.191 bits per heavy atom. The Morgan fingerprint density at radius 3 is 0.840 bits per heavy atom. The van der Waals surface area contributed by atoms with Crippen molar-refractivity contribution >= 4 is 43.6 Å². The van der Waals surface area contributed by atoms with Gasteiger partial charge in [-0.2, -0.15) is 0 Å². The van der Waals surface area contributed by atoms with Crippen molar-refractivity contribution in [1.29, 1.82) is 0 Å². The van der Waals surface area contributed by atoms with E-state index in [1.54, 1.807) is 0 Å². The highest BCUT2D eigenvalue weighted by Crippen LogP contribution is 2.43. The molecule has 0 saturated carbocycles. The summed E-state index contributed by atoms with van der Waals surface area (Å²) in [4.78, 5) is 31.7. The quantitative estimate of drug-likeness (QED) is 0.121. The Balaban J connectivity index is 0.872. The maximum absolute atomic E-state index is 5.35. The summed E-state index contributed by atoms with van der Waals surface area (Å²) >= 11 is 0. The average molecular weight is 1200 g/mol. The molecule has 0 amide bonds. The number of rotatable bonds is 12. The number of aryl methyl sites for hydroxylation is 2. The lowest BCUT2D eigenvalue weighted by molar-refractivity contribution is 1.06. The van der Waals surface area contributed by atoms with Crippen molar-refractivity contribution in [3.05, 3.63) is 327 Å². The second kappa shape index (κ2) is 23.4. The Bertz CT molecular complexity index is 5260. The molecule has 8 heteroatoms. The molecule has 0 atom stereocenters. The molecule has 0 radical (unpaired) electrons. The van der Waals surface area contributed by atoms with E-state index in [0.717, 1.165) is 122 Å². The van der Waals surface area contributed by atoms with E-state index in [0.29, 0.717) is 34.9 Å². The number of benzene rings is 13. The van der Waals surface area contributed by atoms with Crippen LogP contribution in [0.4, 0.5) is 0 Å². The third-order valence-corrected chi connectivity index (χ3v) is 18.0. The van der Waals surface area contributed by atoms with Gasteiger partial charge >= 0.3 is 0 Å². The molecule has 0 fully saturated rings. The van der Waals surface area contributed by atoms with Gasteiger partial charge in [-0.1, -0.05) is 260 Å². The molecule has 0 aliphatic rings. The van der Waals surface area contributed by atoms with Gasteiger partial charge in [0.2, 0.25) is 0 Å². The number of hydrogen-bond donors (Lipinski definition) is 0. The Morgan fingerprint density at radius 2 is 0.468 bits per heavy atom. The van der Waals surface area contributed by atoms with E-state index in [4.69, 9.17) is 29.9 Å². The molecular formula is C86H58N8. The molecule has 0 saturated heterocycles. The Labute approximate surface area is 544 Å². The molecular weight excluding hydrogens is 1150 g/mol. The predicted molar refractivity (Wildman–Crippen MR) is 386 cm³/mol. The predicted octanol–water partition coefficient (Wildman–Crippen LogP) is 21.5. The van der Waals surface area contributed by atoms with Gasteiger partial charge in [-0.15, -0.1) is 0 Å². The minimum atomic E-state index is 0.569. The highest BCUT2D eigenvalue weighted by Gasteiger charge is 2.24. The van der Waals surface area contributed by atoms with Crippen molar-refractivity contribution in [3.8, 4) is 124 Å². The van der Waals surface area contributed by atoms with Crippen molar-refractivity contribution < 1.29 is 0 Å². The number of para-hydroxylation sites is 2. The molecule has 94 heavy (non-hydrogen) atoms. The van der Waals surface area contributed by atoms with Crippen LogP contribution in [-0.2, 0) is 0 Å². The van der Waals surface area contributed by atoms with E-state index < -0.39 is 0 Å². The summed E-state index contributed by atoms with van der Waals surface area (Å²) in [6.45, 7) is 4.26. The fraction of sp³-hybridized carbons (Fsp3) is 0.0233. The van der Waals surface area contributed by atoms with Crippen LogP contribution in [-0.4, -0.2) is 39.0 Å². The highest BCUT2D eigenvalue weighted by atomic mass is 15.1. The molecule has 0 spiro atoms. The first-order valence-electron chi connectivity index (χ1n) is 31.7. The zero-order valence-electron chi connectivity index (χ0n) is 51.6. The smallest absolute Gasteiger partial charge is 0.166 e. The molecule has 442 valence electrons. The fourth-order valence-electron chi connectivity index (χ4n) is 13.2. The van der Waals surface area contributed by atoms with E-state index in [-0.39, 0.29) is 0 Å². The van der Waals surface area contributed by atoms with Gasteiger partial charge in [-0.25, -0.2) is 29.9 Å². The summed E-state index contributed by atoms with van der Waals surface area (Å²) in [5.74, 6) is 3.52. The molecule has 17 rings (SSSR count). The summed E-state index contributed by atoms with van der Waals surface area (Å²) in [5, 5.41) is 4.59. The van der Waals surface area contributed by atoms with Crippen LogP contribution in [0.25, 0.3) is 168 Å². The van der Waals surface area contributed by atoms with Crippen LogP contribution in [0.2, 0.25) is 0 Å². The lowest BCUT2D eigenvalue weighted by atomic mass is 9.96. The molecule has 0 aliphatic heterocycles. The van der Waals surface area contributed by atoms with E-state index in [1.807, 2.05) is 72.8 Å². The molecule has 0 N–H and O–H groups in total. The largest absolute Gasteiger partial charge is 0.308 e. The number of aromatic nitrogens is 8.